The van der Waals surface area contributed by atoms with Gasteiger partial charge in [-0.1, -0.05) is 35.9 Å². The third-order valence-electron chi connectivity index (χ3n) is 3.93. The molecule has 2 rings (SSSR count). The second kappa shape index (κ2) is 9.58. The monoisotopic (exact) mass is 356 g/mol. The van der Waals surface area contributed by atoms with Crippen molar-refractivity contribution >= 4 is 17.5 Å². The normalized spacial score (nSPS) is 11.5. The van der Waals surface area contributed by atoms with Crippen molar-refractivity contribution in [1.82, 2.24) is 5.32 Å². The minimum atomic E-state index is -0.121. The molecule has 1 unspecified atom stereocenters. The first kappa shape index (κ1) is 19.5. The lowest BCUT2D eigenvalue weighted by atomic mass is 10.2. The molecule has 138 valence electrons. The number of aryl methyl sites for hydroxylation is 1. The van der Waals surface area contributed by atoms with Gasteiger partial charge in [-0.15, -0.1) is 0 Å². The Kier molecular flexibility index (Phi) is 7.17. The molecule has 26 heavy (non-hydrogen) atoms. The number of hydrogen-bond donors (Lipinski definition) is 3. The van der Waals surface area contributed by atoms with Crippen molar-refractivity contribution in [2.45, 2.75) is 13.5 Å². The van der Waals surface area contributed by atoms with Gasteiger partial charge in [-0.05, 0) is 25.1 Å². The van der Waals surface area contributed by atoms with E-state index in [9.17, 15) is 9.59 Å². The summed E-state index contributed by atoms with van der Waals surface area (Å²) >= 11 is 0. The zero-order chi connectivity index (χ0) is 18.9. The van der Waals surface area contributed by atoms with Gasteiger partial charge in [0, 0.05) is 17.8 Å². The van der Waals surface area contributed by atoms with Gasteiger partial charge in [0.15, 0.2) is 13.1 Å². The first-order valence-electron chi connectivity index (χ1n) is 8.54. The van der Waals surface area contributed by atoms with Crippen molar-refractivity contribution in [2.24, 2.45) is 0 Å². The van der Waals surface area contributed by atoms with Gasteiger partial charge in [0.25, 0.3) is 11.8 Å². The summed E-state index contributed by atoms with van der Waals surface area (Å²) in [6, 6.07) is 15.2. The number of carbonyl (C=O) groups is 2. The molecule has 0 aliphatic carbocycles. The Morgan fingerprint density at radius 3 is 2.35 bits per heavy atom. The number of methoxy groups -OCH3 is 1. The number of amides is 2. The first-order valence-corrected chi connectivity index (χ1v) is 8.54. The van der Waals surface area contributed by atoms with Crippen LogP contribution in [0.15, 0.2) is 48.5 Å². The molecule has 0 radical (unpaired) electrons. The van der Waals surface area contributed by atoms with Gasteiger partial charge in [0.05, 0.1) is 14.2 Å². The van der Waals surface area contributed by atoms with Gasteiger partial charge in [0.2, 0.25) is 0 Å². The van der Waals surface area contributed by atoms with Crippen LogP contribution in [0.2, 0.25) is 0 Å². The number of benzene rings is 2. The molecule has 6 nitrogen and oxygen atoms in total. The molecule has 2 amide bonds. The van der Waals surface area contributed by atoms with Crippen LogP contribution in [0.5, 0.6) is 5.75 Å². The molecule has 2 aromatic rings. The van der Waals surface area contributed by atoms with Gasteiger partial charge in [-0.2, -0.15) is 0 Å². The van der Waals surface area contributed by atoms with E-state index in [0.29, 0.717) is 6.54 Å². The Bertz CT molecular complexity index is 744. The molecule has 0 saturated heterocycles. The maximum absolute atomic E-state index is 12.1. The van der Waals surface area contributed by atoms with Gasteiger partial charge >= 0.3 is 0 Å². The fourth-order valence-electron chi connectivity index (χ4n) is 2.56. The summed E-state index contributed by atoms with van der Waals surface area (Å²) in [7, 11) is 3.42. The molecule has 1 atom stereocenters. The lowest BCUT2D eigenvalue weighted by Gasteiger charge is -2.14. The van der Waals surface area contributed by atoms with E-state index in [1.54, 1.807) is 7.11 Å². The number of nitrogens with one attached hydrogen (secondary N) is 3. The Hall–Kier alpha value is -2.86. The highest BCUT2D eigenvalue weighted by Gasteiger charge is 2.14. The number of ether oxygens (including phenoxy) is 1. The van der Waals surface area contributed by atoms with Crippen LogP contribution in [0, 0.1) is 6.92 Å². The summed E-state index contributed by atoms with van der Waals surface area (Å²) < 4.78 is 5.27. The average molecular weight is 356 g/mol. The molecular formula is C20H26N3O3+. The molecule has 6 heteroatoms. The number of likely N-dealkylation sites (N-methyl/N-ethyl adjacent to an activating group) is 1. The standard InChI is InChI=1S/C20H25N3O3/c1-15-8-10-17(11-9-15)22-20(25)14-23(2)13-19(24)21-12-16-6-4-5-7-18(16)26-3/h4-11H,12-14H2,1-3H3,(H,21,24)(H,22,25)/p+1. The molecular weight excluding hydrogens is 330 g/mol. The number of carbonyl (C=O) groups excluding carboxylic acids is 2. The Labute approximate surface area is 154 Å². The largest absolute Gasteiger partial charge is 0.496 e. The van der Waals surface area contributed by atoms with Crippen LogP contribution >= 0.6 is 0 Å². The third kappa shape index (κ3) is 6.22. The number of quaternary nitrogens is 1. The molecule has 3 N–H and O–H groups in total. The summed E-state index contributed by atoms with van der Waals surface area (Å²) in [6.07, 6.45) is 0. The highest BCUT2D eigenvalue weighted by Crippen LogP contribution is 2.16. The first-order chi connectivity index (χ1) is 12.5. The summed E-state index contributed by atoms with van der Waals surface area (Å²) in [5.74, 6) is 0.506. The highest BCUT2D eigenvalue weighted by atomic mass is 16.5. The molecule has 0 bridgehead atoms. The van der Waals surface area contributed by atoms with E-state index in [0.717, 1.165) is 27.5 Å². The van der Waals surface area contributed by atoms with Crippen molar-refractivity contribution in [2.75, 3.05) is 32.6 Å². The van der Waals surface area contributed by atoms with E-state index in [2.05, 4.69) is 10.6 Å². The summed E-state index contributed by atoms with van der Waals surface area (Å²) in [4.78, 5) is 25.0. The number of rotatable bonds is 8. The molecule has 0 saturated carbocycles. The second-order valence-corrected chi connectivity index (χ2v) is 6.31. The number of para-hydroxylation sites is 1. The smallest absolute Gasteiger partial charge is 0.279 e. The second-order valence-electron chi connectivity index (χ2n) is 6.31. The molecule has 0 fully saturated rings. The van der Waals surface area contributed by atoms with Crippen LogP contribution < -0.4 is 20.3 Å². The zero-order valence-corrected chi connectivity index (χ0v) is 15.5. The summed E-state index contributed by atoms with van der Waals surface area (Å²) in [5, 5.41) is 5.70. The van der Waals surface area contributed by atoms with Crippen molar-refractivity contribution in [3.63, 3.8) is 0 Å². The van der Waals surface area contributed by atoms with Crippen LogP contribution in [0.4, 0.5) is 5.69 Å². The molecule has 0 aliphatic heterocycles. The van der Waals surface area contributed by atoms with Crippen LogP contribution in [-0.2, 0) is 16.1 Å². The van der Waals surface area contributed by atoms with E-state index in [1.807, 2.05) is 62.5 Å². The van der Waals surface area contributed by atoms with Gasteiger partial charge in [-0.25, -0.2) is 0 Å². The number of anilines is 1. The van der Waals surface area contributed by atoms with E-state index in [-0.39, 0.29) is 24.9 Å². The molecule has 0 aromatic heterocycles. The van der Waals surface area contributed by atoms with Crippen molar-refractivity contribution in [3.05, 3.63) is 59.7 Å². The van der Waals surface area contributed by atoms with Crippen LogP contribution in [-0.4, -0.2) is 39.1 Å². The van der Waals surface area contributed by atoms with E-state index < -0.39 is 0 Å². The predicted molar refractivity (Wildman–Crippen MR) is 101 cm³/mol. The molecule has 0 aliphatic rings. The van der Waals surface area contributed by atoms with Gasteiger partial charge in [0.1, 0.15) is 5.75 Å². The van der Waals surface area contributed by atoms with E-state index in [4.69, 9.17) is 4.74 Å². The molecule has 0 heterocycles. The lowest BCUT2D eigenvalue weighted by molar-refractivity contribution is -0.862. The minimum absolute atomic E-state index is 0.114. The maximum atomic E-state index is 12.1. The van der Waals surface area contributed by atoms with Crippen molar-refractivity contribution in [3.8, 4) is 5.75 Å². The topological polar surface area (TPSA) is 71.9 Å². The quantitative estimate of drug-likeness (QED) is 0.654. The Morgan fingerprint density at radius 2 is 1.65 bits per heavy atom. The molecule has 2 aromatic carbocycles. The predicted octanol–water partition coefficient (Wildman–Crippen LogP) is 0.773. The van der Waals surface area contributed by atoms with Crippen LogP contribution in [0.1, 0.15) is 11.1 Å². The fourth-order valence-corrected chi connectivity index (χ4v) is 2.56. The fraction of sp³-hybridized carbons (Fsp3) is 0.300. The van der Waals surface area contributed by atoms with Crippen LogP contribution in [0.3, 0.4) is 0 Å². The van der Waals surface area contributed by atoms with Crippen molar-refractivity contribution in [1.29, 1.82) is 0 Å². The summed E-state index contributed by atoms with van der Waals surface area (Å²) in [6.45, 7) is 2.82. The van der Waals surface area contributed by atoms with Crippen LogP contribution in [0.25, 0.3) is 0 Å². The third-order valence-corrected chi connectivity index (χ3v) is 3.93. The van der Waals surface area contributed by atoms with Gasteiger partial charge in [-0.3, -0.25) is 9.59 Å². The maximum Gasteiger partial charge on any atom is 0.279 e. The van der Waals surface area contributed by atoms with Crippen molar-refractivity contribution < 1.29 is 19.2 Å². The average Bonchev–Trinajstić information content (AvgIpc) is 2.62. The Balaban J connectivity index is 1.75. The zero-order valence-electron chi connectivity index (χ0n) is 15.5. The Morgan fingerprint density at radius 1 is 1.00 bits per heavy atom. The minimum Gasteiger partial charge on any atom is -0.496 e. The van der Waals surface area contributed by atoms with E-state index in [1.165, 1.54) is 0 Å². The molecule has 0 spiro atoms. The number of hydrogen-bond acceptors (Lipinski definition) is 3. The van der Waals surface area contributed by atoms with E-state index >= 15 is 0 Å². The SMILES string of the molecule is COc1ccccc1CNC(=O)C[NH+](C)CC(=O)Nc1ccc(C)cc1. The highest BCUT2D eigenvalue weighted by molar-refractivity contribution is 5.91. The lowest BCUT2D eigenvalue weighted by Crippen LogP contribution is -3.11. The van der Waals surface area contributed by atoms with Gasteiger partial charge < -0.3 is 20.3 Å². The summed E-state index contributed by atoms with van der Waals surface area (Å²) in [5.41, 5.74) is 2.81.